The van der Waals surface area contributed by atoms with Gasteiger partial charge in [-0.1, -0.05) is 156 Å². The van der Waals surface area contributed by atoms with E-state index < -0.39 is 21.8 Å². The van der Waals surface area contributed by atoms with Crippen LogP contribution in [0.25, 0.3) is 55.6 Å². The summed E-state index contributed by atoms with van der Waals surface area (Å²) in [6.45, 7) is -5.35. The molecule has 0 fully saturated rings. The third kappa shape index (κ3) is 7.79. The average Bonchev–Trinajstić information content (AvgIpc) is 3.74. The van der Waals surface area contributed by atoms with E-state index in [1.54, 1.807) is 18.3 Å². The number of hydrogen-bond donors (Lipinski definition) is 0. The van der Waals surface area contributed by atoms with E-state index >= 15 is 0 Å². The molecule has 0 aliphatic heterocycles. The van der Waals surface area contributed by atoms with E-state index in [0.717, 1.165) is 33.8 Å². The Bertz CT molecular complexity index is 3190. The zero-order valence-corrected chi connectivity index (χ0v) is 36.0. The Morgan fingerprint density at radius 3 is 1.79 bits per heavy atom. The maximum Gasteiger partial charge on any atom is 0.179 e. The smallest absolute Gasteiger partial charge is 0.179 e. The first-order valence-electron chi connectivity index (χ1n) is 22.5. The molecule has 61 heavy (non-hydrogen) atoms. The van der Waals surface area contributed by atoms with Gasteiger partial charge in [0.2, 0.25) is 0 Å². The van der Waals surface area contributed by atoms with Crippen LogP contribution in [-0.2, 0) is 20.1 Å². The van der Waals surface area contributed by atoms with E-state index in [9.17, 15) is 5.26 Å². The molecule has 6 heteroatoms. The molecule has 0 atom stereocenters. The van der Waals surface area contributed by atoms with Crippen molar-refractivity contribution >= 4 is 50.8 Å². The summed E-state index contributed by atoms with van der Waals surface area (Å²) in [5.74, 6) is 0. The van der Waals surface area contributed by atoms with E-state index in [0.29, 0.717) is 27.9 Å². The standard InChI is InChI=1S/C44H31N2OSi.C11H8N.Ir/c1-30-27-41(46-29-31(30)2)40-20-12-19-38-39-26-23-33(28-45)42(44(39)47-43(38)40)32-21-24-37(25-22-32)48(34-13-6-3-7-14-34,35-15-8-4-9-16-35)36-17-10-5-11-18-36;1-2-6-10(7-3-1)11-8-4-5-9-12-11;/h3-19,21-27,29H,1-2H3;1-6,8-9H;/q2*-1;/i1D3,2D3;;. The Labute approximate surface area is 379 Å². The van der Waals surface area contributed by atoms with E-state index in [1.165, 1.54) is 26.8 Å². The molecule has 7 aromatic carbocycles. The maximum atomic E-state index is 10.4. The van der Waals surface area contributed by atoms with Crippen molar-refractivity contribution in [2.45, 2.75) is 13.7 Å². The monoisotopic (exact) mass is 984 g/mol. The molecule has 0 N–H and O–H groups in total. The van der Waals surface area contributed by atoms with Crippen molar-refractivity contribution in [3.8, 4) is 39.7 Å². The SMILES string of the molecule is [2H]C([2H])([2H])c1cnc(-c2[c-]ccc3c2oc2c(-c4ccc([Si](c5ccccc5)(c5ccccc5)c5ccccc5)cc4)c(C#N)ccc23)cc1C([2H])([2H])[2H].[Ir].[c-]1ccccc1-c1ccccn1. The predicted octanol–water partition coefficient (Wildman–Crippen LogP) is 10.5. The van der Waals surface area contributed by atoms with Crippen LogP contribution >= 0.6 is 0 Å². The largest absolute Gasteiger partial charge is 0.500 e. The van der Waals surface area contributed by atoms with Crippen LogP contribution in [0.15, 0.2) is 205 Å². The van der Waals surface area contributed by atoms with Crippen LogP contribution in [0.3, 0.4) is 0 Å². The number of nitriles is 1. The number of benzene rings is 7. The van der Waals surface area contributed by atoms with Crippen LogP contribution in [0.2, 0.25) is 0 Å². The number of nitrogens with zero attached hydrogens (tertiary/aromatic N) is 3. The molecule has 4 nitrogen and oxygen atoms in total. The van der Waals surface area contributed by atoms with Gasteiger partial charge in [-0.25, -0.2) is 0 Å². The van der Waals surface area contributed by atoms with Crippen LogP contribution < -0.4 is 20.7 Å². The van der Waals surface area contributed by atoms with Crippen LogP contribution in [0, 0.1) is 37.2 Å². The van der Waals surface area contributed by atoms with Crippen molar-refractivity contribution in [1.29, 1.82) is 5.26 Å². The van der Waals surface area contributed by atoms with Gasteiger partial charge in [0, 0.05) is 51.7 Å². The second-order valence-electron chi connectivity index (χ2n) is 14.2. The summed E-state index contributed by atoms with van der Waals surface area (Å²) >= 11 is 0. The summed E-state index contributed by atoms with van der Waals surface area (Å²) in [5, 5.41) is 16.8. The number of furan rings is 1. The van der Waals surface area contributed by atoms with Crippen LogP contribution in [0.1, 0.15) is 24.9 Å². The molecule has 0 bridgehead atoms. The average molecular weight is 984 g/mol. The van der Waals surface area contributed by atoms with E-state index in [2.05, 4.69) is 125 Å². The summed E-state index contributed by atoms with van der Waals surface area (Å²) in [6, 6.07) is 71.2. The molecule has 0 aliphatic carbocycles. The molecule has 0 saturated carbocycles. The van der Waals surface area contributed by atoms with Crippen molar-refractivity contribution in [3.05, 3.63) is 229 Å². The molecular weight excluding hydrogens is 939 g/mol. The van der Waals surface area contributed by atoms with E-state index in [-0.39, 0.29) is 36.9 Å². The molecule has 0 aliphatic rings. The Kier molecular flexibility index (Phi) is 10.0. The van der Waals surface area contributed by atoms with Gasteiger partial charge in [0.1, 0.15) is 5.58 Å². The topological polar surface area (TPSA) is 62.7 Å². The molecule has 3 heterocycles. The number of fused-ring (bicyclic) bond motifs is 3. The summed E-state index contributed by atoms with van der Waals surface area (Å²) in [5.41, 5.74) is 4.73. The molecule has 0 unspecified atom stereocenters. The maximum absolute atomic E-state index is 10.4. The molecule has 295 valence electrons. The zero-order chi connectivity index (χ0) is 45.9. The van der Waals surface area contributed by atoms with Gasteiger partial charge in [0.25, 0.3) is 0 Å². The van der Waals surface area contributed by atoms with Gasteiger partial charge in [-0.3, -0.25) is 0 Å². The number of rotatable bonds is 7. The van der Waals surface area contributed by atoms with Crippen molar-refractivity contribution in [3.63, 3.8) is 0 Å². The minimum atomic E-state index is -2.78. The third-order valence-electron chi connectivity index (χ3n) is 10.8. The molecule has 0 spiro atoms. The number of pyridine rings is 2. The third-order valence-corrected chi connectivity index (χ3v) is 15.6. The molecule has 10 rings (SSSR count). The van der Waals surface area contributed by atoms with Crippen LogP contribution in [0.5, 0.6) is 0 Å². The fraction of sp³-hybridized carbons (Fsp3) is 0.0364. The van der Waals surface area contributed by atoms with E-state index in [1.807, 2.05) is 72.8 Å². The summed E-state index contributed by atoms with van der Waals surface area (Å²) in [4.78, 5) is 8.60. The Morgan fingerprint density at radius 2 is 1.20 bits per heavy atom. The van der Waals surface area contributed by atoms with Crippen molar-refractivity contribution in [2.24, 2.45) is 0 Å². The molecule has 1 radical (unpaired) electrons. The summed E-state index contributed by atoms with van der Waals surface area (Å²) in [6.07, 6.45) is 2.89. The van der Waals surface area contributed by atoms with E-state index in [4.69, 9.17) is 12.6 Å². The molecular formula is C55H39IrN3OSi-2. The number of aryl methyl sites for hydroxylation is 2. The van der Waals surface area contributed by atoms with Gasteiger partial charge in [-0.05, 0) is 69.1 Å². The first kappa shape index (κ1) is 33.8. The minimum Gasteiger partial charge on any atom is -0.500 e. The van der Waals surface area contributed by atoms with Gasteiger partial charge >= 0.3 is 0 Å². The molecule has 10 aromatic rings. The van der Waals surface area contributed by atoms with Gasteiger partial charge in [0.05, 0.1) is 17.2 Å². The zero-order valence-electron chi connectivity index (χ0n) is 38.6. The van der Waals surface area contributed by atoms with Crippen LogP contribution in [-0.4, -0.2) is 18.0 Å². The molecule has 3 aromatic heterocycles. The first-order chi connectivity index (χ1) is 32.0. The Hall–Kier alpha value is -7.00. The summed E-state index contributed by atoms with van der Waals surface area (Å²) < 4.78 is 54.5. The predicted molar refractivity (Wildman–Crippen MR) is 248 cm³/mol. The van der Waals surface area contributed by atoms with Crippen LogP contribution in [0.4, 0.5) is 0 Å². The quantitative estimate of drug-likeness (QED) is 0.0907. The van der Waals surface area contributed by atoms with Crippen molar-refractivity contribution < 1.29 is 32.7 Å². The number of aromatic nitrogens is 2. The second-order valence-corrected chi connectivity index (χ2v) is 18.0. The van der Waals surface area contributed by atoms with Crippen molar-refractivity contribution in [2.75, 3.05) is 0 Å². The fourth-order valence-corrected chi connectivity index (χ4v) is 12.7. The second kappa shape index (κ2) is 18.1. The molecule has 0 amide bonds. The normalized spacial score (nSPS) is 12.8. The fourth-order valence-electron chi connectivity index (χ4n) is 7.99. The molecule has 0 saturated heterocycles. The minimum absolute atomic E-state index is 0. The van der Waals surface area contributed by atoms with Gasteiger partial charge in [0.15, 0.2) is 8.07 Å². The Balaban J connectivity index is 0.000000405. The van der Waals surface area contributed by atoms with Gasteiger partial charge in [-0.2, -0.15) is 5.26 Å². The first-order valence-corrected chi connectivity index (χ1v) is 21.5. The van der Waals surface area contributed by atoms with Crippen molar-refractivity contribution in [1.82, 2.24) is 9.97 Å². The summed E-state index contributed by atoms with van der Waals surface area (Å²) in [7, 11) is -2.78. The Morgan fingerprint density at radius 1 is 0.574 bits per heavy atom. The number of hydrogen-bond acceptors (Lipinski definition) is 4. The van der Waals surface area contributed by atoms with Gasteiger partial charge < -0.3 is 14.4 Å². The van der Waals surface area contributed by atoms with Gasteiger partial charge in [-0.15, -0.1) is 54.1 Å².